The van der Waals surface area contributed by atoms with E-state index in [9.17, 15) is 14.4 Å². The molecule has 1 aromatic rings. The number of benzene rings is 1. The molecule has 0 bridgehead atoms. The Balaban J connectivity index is 3.14. The highest BCUT2D eigenvalue weighted by molar-refractivity contribution is 6.45. The van der Waals surface area contributed by atoms with Crippen molar-refractivity contribution in [2.75, 3.05) is 0 Å². The third kappa shape index (κ3) is 2.83. The molecule has 0 atom stereocenters. The van der Waals surface area contributed by atoms with Gasteiger partial charge in [-0.25, -0.2) is 4.79 Å². The van der Waals surface area contributed by atoms with Crippen LogP contribution in [0.2, 0.25) is 0 Å². The second-order valence-electron chi connectivity index (χ2n) is 5.24. The highest BCUT2D eigenvalue weighted by Gasteiger charge is 2.29. The van der Waals surface area contributed by atoms with Crippen LogP contribution in [-0.2, 0) is 4.79 Å². The van der Waals surface area contributed by atoms with Crippen LogP contribution in [0, 0.1) is 12.3 Å². The smallest absolute Gasteiger partial charge is 0.335 e. The van der Waals surface area contributed by atoms with Gasteiger partial charge in [-0.2, -0.15) is 0 Å². The van der Waals surface area contributed by atoms with Crippen molar-refractivity contribution < 1.29 is 19.5 Å². The van der Waals surface area contributed by atoms with E-state index in [4.69, 9.17) is 5.11 Å². The first kappa shape index (κ1) is 14.1. The lowest BCUT2D eigenvalue weighted by atomic mass is 9.86. The SMILES string of the molecule is Cc1cc(C(=O)C(=O)C(C)(C)C)ccc1C(=O)O. The molecule has 0 aliphatic heterocycles. The summed E-state index contributed by atoms with van der Waals surface area (Å²) in [6, 6.07) is 4.17. The maximum Gasteiger partial charge on any atom is 0.335 e. The third-order valence-corrected chi connectivity index (χ3v) is 2.61. The topological polar surface area (TPSA) is 71.4 Å². The Bertz CT molecular complexity index is 521. The maximum absolute atomic E-state index is 11.9. The molecule has 0 amide bonds. The fraction of sp³-hybridized carbons (Fsp3) is 0.357. The number of rotatable bonds is 3. The molecular formula is C14H16O4. The average Bonchev–Trinajstić information content (AvgIpc) is 2.25. The summed E-state index contributed by atoms with van der Waals surface area (Å²) >= 11 is 0. The Morgan fingerprint density at radius 2 is 1.67 bits per heavy atom. The molecule has 0 radical (unpaired) electrons. The van der Waals surface area contributed by atoms with E-state index in [0.29, 0.717) is 5.56 Å². The van der Waals surface area contributed by atoms with Crippen LogP contribution in [0.5, 0.6) is 0 Å². The molecule has 1 aromatic carbocycles. The Kier molecular flexibility index (Phi) is 3.70. The minimum atomic E-state index is -1.05. The van der Waals surface area contributed by atoms with Crippen molar-refractivity contribution in [2.24, 2.45) is 5.41 Å². The Labute approximate surface area is 106 Å². The van der Waals surface area contributed by atoms with Gasteiger partial charge in [0.2, 0.25) is 11.6 Å². The fourth-order valence-corrected chi connectivity index (χ4v) is 1.52. The second-order valence-corrected chi connectivity index (χ2v) is 5.24. The van der Waals surface area contributed by atoms with Crippen LogP contribution in [0.25, 0.3) is 0 Å². The summed E-state index contributed by atoms with van der Waals surface area (Å²) in [6.07, 6.45) is 0. The van der Waals surface area contributed by atoms with Gasteiger partial charge in [0.25, 0.3) is 0 Å². The van der Waals surface area contributed by atoms with Gasteiger partial charge in [-0.15, -0.1) is 0 Å². The van der Waals surface area contributed by atoms with Gasteiger partial charge >= 0.3 is 5.97 Å². The molecule has 4 nitrogen and oxygen atoms in total. The molecule has 0 aromatic heterocycles. The minimum Gasteiger partial charge on any atom is -0.478 e. The van der Waals surface area contributed by atoms with E-state index in [2.05, 4.69) is 0 Å². The van der Waals surface area contributed by atoms with E-state index in [-0.39, 0.29) is 11.1 Å². The van der Waals surface area contributed by atoms with E-state index < -0.39 is 23.0 Å². The highest BCUT2D eigenvalue weighted by atomic mass is 16.4. The van der Waals surface area contributed by atoms with Crippen LogP contribution in [0.1, 0.15) is 47.1 Å². The number of aryl methyl sites for hydroxylation is 1. The Hall–Kier alpha value is -1.97. The molecule has 4 heteroatoms. The van der Waals surface area contributed by atoms with Crippen LogP contribution < -0.4 is 0 Å². The van der Waals surface area contributed by atoms with Crippen LogP contribution in [-0.4, -0.2) is 22.6 Å². The molecule has 0 saturated carbocycles. The van der Waals surface area contributed by atoms with Crippen molar-refractivity contribution >= 4 is 17.5 Å². The molecule has 0 aliphatic rings. The monoisotopic (exact) mass is 248 g/mol. The molecule has 0 unspecified atom stereocenters. The van der Waals surface area contributed by atoms with Crippen LogP contribution in [0.3, 0.4) is 0 Å². The minimum absolute atomic E-state index is 0.134. The largest absolute Gasteiger partial charge is 0.478 e. The molecule has 0 aliphatic carbocycles. The third-order valence-electron chi connectivity index (χ3n) is 2.61. The van der Waals surface area contributed by atoms with Gasteiger partial charge in [-0.05, 0) is 24.6 Å². The molecule has 1 N–H and O–H groups in total. The van der Waals surface area contributed by atoms with E-state index >= 15 is 0 Å². The van der Waals surface area contributed by atoms with Crippen molar-refractivity contribution in [2.45, 2.75) is 27.7 Å². The number of carboxylic acids is 1. The number of hydrogen-bond donors (Lipinski definition) is 1. The predicted molar refractivity (Wildman–Crippen MR) is 66.9 cm³/mol. The first-order valence-electron chi connectivity index (χ1n) is 5.57. The van der Waals surface area contributed by atoms with Gasteiger partial charge < -0.3 is 5.11 Å². The van der Waals surface area contributed by atoms with E-state index in [0.717, 1.165) is 0 Å². The quantitative estimate of drug-likeness (QED) is 0.659. The molecule has 0 saturated heterocycles. The summed E-state index contributed by atoms with van der Waals surface area (Å²) < 4.78 is 0. The number of carbonyl (C=O) groups excluding carboxylic acids is 2. The standard InChI is InChI=1S/C14H16O4/c1-8-7-9(5-6-10(8)13(17)18)11(15)12(16)14(2,3)4/h5-7H,1-4H3,(H,17,18). The highest BCUT2D eigenvalue weighted by Crippen LogP contribution is 2.19. The van der Waals surface area contributed by atoms with E-state index in [1.165, 1.54) is 18.2 Å². The lowest BCUT2D eigenvalue weighted by molar-refractivity contribution is -0.121. The number of carboxylic acid groups (broad SMARTS) is 1. The number of ketones is 2. The lowest BCUT2D eigenvalue weighted by Gasteiger charge is -2.15. The summed E-state index contributed by atoms with van der Waals surface area (Å²) in [5.74, 6) is -2.11. The lowest BCUT2D eigenvalue weighted by Crippen LogP contribution is -2.28. The number of carbonyl (C=O) groups is 3. The van der Waals surface area contributed by atoms with Crippen LogP contribution in [0.15, 0.2) is 18.2 Å². The summed E-state index contributed by atoms with van der Waals surface area (Å²) in [5, 5.41) is 8.88. The van der Waals surface area contributed by atoms with Crippen molar-refractivity contribution in [1.29, 1.82) is 0 Å². The number of Topliss-reactive ketones (excluding diaryl/α,β-unsaturated/α-hetero) is 2. The predicted octanol–water partition coefficient (Wildman–Crippen LogP) is 2.49. The zero-order valence-corrected chi connectivity index (χ0v) is 10.9. The normalized spacial score (nSPS) is 11.1. The molecule has 96 valence electrons. The van der Waals surface area contributed by atoms with Gasteiger partial charge in [-0.1, -0.05) is 26.8 Å². The van der Waals surface area contributed by atoms with Gasteiger partial charge in [0.05, 0.1) is 5.56 Å². The van der Waals surface area contributed by atoms with Crippen molar-refractivity contribution in [3.8, 4) is 0 Å². The van der Waals surface area contributed by atoms with Crippen molar-refractivity contribution in [3.63, 3.8) is 0 Å². The van der Waals surface area contributed by atoms with Gasteiger partial charge in [-0.3, -0.25) is 9.59 Å². The molecular weight excluding hydrogens is 232 g/mol. The summed E-state index contributed by atoms with van der Waals surface area (Å²) in [6.45, 7) is 6.62. The molecule has 0 spiro atoms. The van der Waals surface area contributed by atoms with Crippen LogP contribution in [0.4, 0.5) is 0 Å². The average molecular weight is 248 g/mol. The van der Waals surface area contributed by atoms with Gasteiger partial charge in [0.1, 0.15) is 0 Å². The number of aromatic carboxylic acids is 1. The zero-order valence-electron chi connectivity index (χ0n) is 10.9. The summed E-state index contributed by atoms with van der Waals surface area (Å²) in [5.41, 5.74) is 0.0958. The molecule has 1 rings (SSSR count). The van der Waals surface area contributed by atoms with Crippen molar-refractivity contribution in [3.05, 3.63) is 34.9 Å². The number of hydrogen-bond acceptors (Lipinski definition) is 3. The maximum atomic E-state index is 11.9. The van der Waals surface area contributed by atoms with Gasteiger partial charge in [0, 0.05) is 11.0 Å². The summed E-state index contributed by atoms with van der Waals surface area (Å²) in [4.78, 5) is 34.6. The Morgan fingerprint density at radius 3 is 2.06 bits per heavy atom. The molecule has 18 heavy (non-hydrogen) atoms. The Morgan fingerprint density at radius 1 is 1.11 bits per heavy atom. The zero-order chi connectivity index (χ0) is 14.1. The van der Waals surface area contributed by atoms with Crippen LogP contribution >= 0.6 is 0 Å². The first-order valence-corrected chi connectivity index (χ1v) is 5.57. The first-order chi connectivity index (χ1) is 8.14. The second kappa shape index (κ2) is 4.72. The van der Waals surface area contributed by atoms with E-state index in [1.54, 1.807) is 27.7 Å². The fourth-order valence-electron chi connectivity index (χ4n) is 1.52. The summed E-state index contributed by atoms with van der Waals surface area (Å²) in [7, 11) is 0. The molecule has 0 heterocycles. The van der Waals surface area contributed by atoms with E-state index in [1.807, 2.05) is 0 Å². The van der Waals surface area contributed by atoms with Crippen molar-refractivity contribution in [1.82, 2.24) is 0 Å². The molecule has 0 fully saturated rings. The van der Waals surface area contributed by atoms with Gasteiger partial charge in [0.15, 0.2) is 0 Å².